The number of aryl methyl sites for hydroxylation is 1. The van der Waals surface area contributed by atoms with E-state index in [2.05, 4.69) is 10.0 Å². The van der Waals surface area contributed by atoms with Crippen LogP contribution in [-0.2, 0) is 30.2 Å². The molecule has 1 amide bonds. The molecule has 1 aromatic carbocycles. The van der Waals surface area contributed by atoms with Gasteiger partial charge in [0.2, 0.25) is 10.0 Å². The molecule has 6 nitrogen and oxygen atoms in total. The molecule has 0 saturated carbocycles. The van der Waals surface area contributed by atoms with E-state index in [0.29, 0.717) is 12.1 Å². The Balaban J connectivity index is 1.68. The van der Waals surface area contributed by atoms with Gasteiger partial charge in [0, 0.05) is 35.4 Å². The molecule has 3 rings (SSSR count). The van der Waals surface area contributed by atoms with E-state index in [0.717, 1.165) is 16.3 Å². The van der Waals surface area contributed by atoms with E-state index < -0.39 is 10.0 Å². The number of hydrogen-bond acceptors (Lipinski definition) is 4. The van der Waals surface area contributed by atoms with Crippen LogP contribution in [0.15, 0.2) is 58.8 Å². The van der Waals surface area contributed by atoms with Crippen LogP contribution in [0, 0.1) is 6.92 Å². The summed E-state index contributed by atoms with van der Waals surface area (Å²) < 4.78 is 29.5. The Kier molecular flexibility index (Phi) is 5.79. The zero-order valence-electron chi connectivity index (χ0n) is 15.1. The molecule has 8 heteroatoms. The molecule has 2 aromatic heterocycles. The normalized spacial score (nSPS) is 11.5. The molecule has 0 fully saturated rings. The molecule has 0 radical (unpaired) electrons. The average molecular weight is 404 g/mol. The van der Waals surface area contributed by atoms with Crippen LogP contribution in [0.1, 0.15) is 26.6 Å². The first-order chi connectivity index (χ1) is 12.9. The van der Waals surface area contributed by atoms with Crippen LogP contribution < -0.4 is 10.0 Å². The van der Waals surface area contributed by atoms with E-state index >= 15 is 0 Å². The number of nitrogens with one attached hydrogen (secondary N) is 2. The highest BCUT2D eigenvalue weighted by Crippen LogP contribution is 2.14. The first-order valence-corrected chi connectivity index (χ1v) is 10.7. The number of nitrogens with zero attached hydrogens (tertiary/aromatic N) is 1. The monoisotopic (exact) mass is 403 g/mol. The molecule has 3 aromatic rings. The van der Waals surface area contributed by atoms with Gasteiger partial charge in [-0.3, -0.25) is 4.79 Å². The molecule has 0 aliphatic heterocycles. The van der Waals surface area contributed by atoms with Crippen LogP contribution >= 0.6 is 11.3 Å². The van der Waals surface area contributed by atoms with Gasteiger partial charge in [-0.05, 0) is 48.7 Å². The minimum atomic E-state index is -3.69. The van der Waals surface area contributed by atoms with Gasteiger partial charge < -0.3 is 9.88 Å². The van der Waals surface area contributed by atoms with E-state index in [4.69, 9.17) is 0 Å². The van der Waals surface area contributed by atoms with Crippen molar-refractivity contribution in [2.45, 2.75) is 24.9 Å². The number of aromatic nitrogens is 1. The second-order valence-corrected chi connectivity index (χ2v) is 8.94. The number of hydrogen-bond donors (Lipinski definition) is 2. The summed E-state index contributed by atoms with van der Waals surface area (Å²) in [6, 6.07) is 13.7. The van der Waals surface area contributed by atoms with Crippen LogP contribution in [0.5, 0.6) is 0 Å². The second kappa shape index (κ2) is 8.08. The quantitative estimate of drug-likeness (QED) is 0.637. The van der Waals surface area contributed by atoms with Crippen molar-refractivity contribution in [3.05, 3.63) is 75.7 Å². The first-order valence-electron chi connectivity index (χ1n) is 8.38. The van der Waals surface area contributed by atoms with Crippen molar-refractivity contribution < 1.29 is 13.2 Å². The molecule has 0 aliphatic rings. The van der Waals surface area contributed by atoms with E-state index in [1.165, 1.54) is 23.5 Å². The molecular weight excluding hydrogens is 382 g/mol. The number of benzene rings is 1. The summed E-state index contributed by atoms with van der Waals surface area (Å²) in [5.41, 5.74) is 2.38. The van der Waals surface area contributed by atoms with Gasteiger partial charge in [0.25, 0.3) is 5.91 Å². The van der Waals surface area contributed by atoms with E-state index in [9.17, 15) is 13.2 Å². The number of carbonyl (C=O) groups excluding carboxylic acids is 1. The molecule has 27 heavy (non-hydrogen) atoms. The van der Waals surface area contributed by atoms with E-state index in [1.54, 1.807) is 12.1 Å². The third-order valence-corrected chi connectivity index (χ3v) is 6.61. The van der Waals surface area contributed by atoms with Crippen LogP contribution in [-0.4, -0.2) is 18.9 Å². The van der Waals surface area contributed by atoms with Crippen molar-refractivity contribution in [3.63, 3.8) is 0 Å². The van der Waals surface area contributed by atoms with Crippen molar-refractivity contribution in [2.75, 3.05) is 0 Å². The molecule has 0 spiro atoms. The highest BCUT2D eigenvalue weighted by molar-refractivity contribution is 7.89. The van der Waals surface area contributed by atoms with Crippen molar-refractivity contribution in [1.82, 2.24) is 14.6 Å². The minimum Gasteiger partial charge on any atom is -0.350 e. The Morgan fingerprint density at radius 1 is 1.11 bits per heavy atom. The first kappa shape index (κ1) is 19.3. The van der Waals surface area contributed by atoms with Crippen molar-refractivity contribution in [3.8, 4) is 0 Å². The van der Waals surface area contributed by atoms with Crippen LogP contribution in [0.2, 0.25) is 0 Å². The molecule has 2 heterocycles. The fraction of sp³-hybridized carbons (Fsp3) is 0.211. The summed E-state index contributed by atoms with van der Waals surface area (Å²) in [4.78, 5) is 13.4. The third kappa shape index (κ3) is 4.65. The molecular formula is C19H21N3O3S2. The van der Waals surface area contributed by atoms with Gasteiger partial charge in [0.1, 0.15) is 0 Å². The molecule has 0 atom stereocenters. The molecule has 0 aliphatic carbocycles. The van der Waals surface area contributed by atoms with Crippen molar-refractivity contribution in [2.24, 2.45) is 7.05 Å². The smallest absolute Gasteiger partial charge is 0.251 e. The summed E-state index contributed by atoms with van der Waals surface area (Å²) in [6.07, 6.45) is 0. The van der Waals surface area contributed by atoms with Crippen LogP contribution in [0.3, 0.4) is 0 Å². The maximum Gasteiger partial charge on any atom is 0.251 e. The van der Waals surface area contributed by atoms with Gasteiger partial charge in [0.15, 0.2) is 0 Å². The number of carbonyl (C=O) groups is 1. The van der Waals surface area contributed by atoms with Crippen LogP contribution in [0.4, 0.5) is 0 Å². The lowest BCUT2D eigenvalue weighted by Gasteiger charge is -2.10. The highest BCUT2D eigenvalue weighted by atomic mass is 32.2. The van der Waals surface area contributed by atoms with Crippen LogP contribution in [0.25, 0.3) is 0 Å². The van der Waals surface area contributed by atoms with Gasteiger partial charge in [-0.15, -0.1) is 11.3 Å². The SMILES string of the molecule is Cc1ccc(CNC(=O)c2cccc(S(=O)(=O)NCc3cccs3)c2)n1C. The molecule has 0 unspecified atom stereocenters. The summed E-state index contributed by atoms with van der Waals surface area (Å²) in [5, 5.41) is 4.72. The predicted octanol–water partition coefficient (Wildman–Crippen LogP) is 2.80. The molecule has 142 valence electrons. The van der Waals surface area contributed by atoms with Gasteiger partial charge in [-0.2, -0.15) is 0 Å². The van der Waals surface area contributed by atoms with E-state index in [-0.39, 0.29) is 17.3 Å². The van der Waals surface area contributed by atoms with Crippen molar-refractivity contribution >= 4 is 27.3 Å². The lowest BCUT2D eigenvalue weighted by Crippen LogP contribution is -2.25. The lowest BCUT2D eigenvalue weighted by atomic mass is 10.2. The van der Waals surface area contributed by atoms with Gasteiger partial charge in [-0.25, -0.2) is 13.1 Å². The number of sulfonamides is 1. The highest BCUT2D eigenvalue weighted by Gasteiger charge is 2.16. The van der Waals surface area contributed by atoms with Gasteiger partial charge in [0.05, 0.1) is 11.4 Å². The Bertz CT molecular complexity index is 1040. The zero-order valence-corrected chi connectivity index (χ0v) is 16.7. The number of rotatable bonds is 7. The third-order valence-electron chi connectivity index (χ3n) is 4.33. The maximum atomic E-state index is 12.5. The molecule has 2 N–H and O–H groups in total. The standard InChI is InChI=1S/C19H21N3O3S2/c1-14-8-9-16(22(14)2)12-20-19(23)15-5-3-7-18(11-15)27(24,25)21-13-17-6-4-10-26-17/h3-11,21H,12-13H2,1-2H3,(H,20,23). The summed E-state index contributed by atoms with van der Waals surface area (Å²) in [5.74, 6) is -0.316. The fourth-order valence-corrected chi connectivity index (χ4v) is 4.37. The van der Waals surface area contributed by atoms with Crippen molar-refractivity contribution in [1.29, 1.82) is 0 Å². The van der Waals surface area contributed by atoms with Gasteiger partial charge >= 0.3 is 0 Å². The second-order valence-electron chi connectivity index (χ2n) is 6.14. The predicted molar refractivity (Wildman–Crippen MR) is 106 cm³/mol. The topological polar surface area (TPSA) is 80.2 Å². The minimum absolute atomic E-state index is 0.0708. The Labute approximate surface area is 162 Å². The Morgan fingerprint density at radius 2 is 1.93 bits per heavy atom. The summed E-state index contributed by atoms with van der Waals surface area (Å²) in [7, 11) is -1.76. The number of amides is 1. The zero-order chi connectivity index (χ0) is 19.4. The summed E-state index contributed by atoms with van der Waals surface area (Å²) >= 11 is 1.48. The van der Waals surface area contributed by atoms with E-state index in [1.807, 2.05) is 48.2 Å². The van der Waals surface area contributed by atoms with Gasteiger partial charge in [-0.1, -0.05) is 12.1 Å². The average Bonchev–Trinajstić information content (AvgIpc) is 3.29. The Hall–Kier alpha value is -2.42. The number of thiophene rings is 1. The summed E-state index contributed by atoms with van der Waals surface area (Å²) in [6.45, 7) is 2.59. The molecule has 0 saturated heterocycles. The fourth-order valence-electron chi connectivity index (χ4n) is 2.58. The largest absolute Gasteiger partial charge is 0.350 e. The maximum absolute atomic E-state index is 12.5. The Morgan fingerprint density at radius 3 is 2.59 bits per heavy atom. The lowest BCUT2D eigenvalue weighted by molar-refractivity contribution is 0.0950. The molecule has 0 bridgehead atoms.